The van der Waals surface area contributed by atoms with Gasteiger partial charge < -0.3 is 5.32 Å². The molecule has 2 unspecified atom stereocenters. The molecule has 2 aliphatic rings. The molecule has 0 spiro atoms. The summed E-state index contributed by atoms with van der Waals surface area (Å²) in [4.78, 5) is 0. The van der Waals surface area contributed by atoms with E-state index in [1.54, 1.807) is 0 Å². The molecule has 2 heteroatoms. The quantitative estimate of drug-likeness (QED) is 0.807. The van der Waals surface area contributed by atoms with Crippen molar-refractivity contribution < 1.29 is 0 Å². The van der Waals surface area contributed by atoms with Crippen LogP contribution in [-0.4, -0.2) is 12.1 Å². The first-order valence-electron chi connectivity index (χ1n) is 7.97. The number of hydrogen-bond donors (Lipinski definition) is 1. The maximum absolute atomic E-state index is 9.31. The average molecular weight is 262 g/mol. The molecular weight excluding hydrogens is 232 g/mol. The fraction of sp³-hybridized carbons (Fsp3) is 0.941. The minimum Gasteiger partial charge on any atom is -0.310 e. The van der Waals surface area contributed by atoms with Crippen LogP contribution in [0.4, 0.5) is 0 Å². The molecule has 2 nitrogen and oxygen atoms in total. The fourth-order valence-corrected chi connectivity index (χ4v) is 4.75. The van der Waals surface area contributed by atoms with Crippen molar-refractivity contribution in [2.45, 2.75) is 84.7 Å². The van der Waals surface area contributed by atoms with E-state index in [4.69, 9.17) is 0 Å². The number of hydrogen-bond acceptors (Lipinski definition) is 2. The molecule has 2 fully saturated rings. The summed E-state index contributed by atoms with van der Waals surface area (Å²) in [5.41, 5.74) is 0.854. The maximum Gasteiger partial charge on any atom is 0.0672 e. The molecule has 0 bridgehead atoms. The van der Waals surface area contributed by atoms with Gasteiger partial charge in [-0.15, -0.1) is 0 Å². The van der Waals surface area contributed by atoms with E-state index in [0.717, 1.165) is 6.42 Å². The van der Waals surface area contributed by atoms with Crippen LogP contribution in [-0.2, 0) is 0 Å². The second kappa shape index (κ2) is 5.44. The third kappa shape index (κ3) is 3.96. The minimum absolute atomic E-state index is 0.238. The van der Waals surface area contributed by atoms with Gasteiger partial charge in [-0.1, -0.05) is 40.5 Å². The molecule has 0 aromatic rings. The molecule has 0 heterocycles. The Hall–Kier alpha value is -0.550. The summed E-state index contributed by atoms with van der Waals surface area (Å²) < 4.78 is 0. The van der Waals surface area contributed by atoms with Crippen molar-refractivity contribution in [1.82, 2.24) is 5.32 Å². The number of nitrogens with zero attached hydrogens (tertiary/aromatic N) is 1. The normalized spacial score (nSPS) is 34.7. The van der Waals surface area contributed by atoms with Crippen LogP contribution in [0.5, 0.6) is 0 Å². The first-order chi connectivity index (χ1) is 8.81. The highest BCUT2D eigenvalue weighted by Gasteiger charge is 2.39. The second-order valence-electron chi connectivity index (χ2n) is 8.40. The van der Waals surface area contributed by atoms with E-state index in [1.807, 2.05) is 0 Å². The Labute approximate surface area is 119 Å². The number of nitriles is 1. The highest BCUT2D eigenvalue weighted by Crippen LogP contribution is 2.46. The molecule has 2 rings (SSSR count). The Morgan fingerprint density at radius 2 is 1.58 bits per heavy atom. The van der Waals surface area contributed by atoms with E-state index in [2.05, 4.69) is 39.1 Å². The van der Waals surface area contributed by atoms with Crippen molar-refractivity contribution in [2.24, 2.45) is 16.7 Å². The summed E-state index contributed by atoms with van der Waals surface area (Å²) in [6.45, 7) is 9.58. The first kappa shape index (κ1) is 14.9. The van der Waals surface area contributed by atoms with Gasteiger partial charge in [0.1, 0.15) is 0 Å². The van der Waals surface area contributed by atoms with Crippen LogP contribution < -0.4 is 5.32 Å². The van der Waals surface area contributed by atoms with Crippen LogP contribution in [0.1, 0.15) is 72.6 Å². The van der Waals surface area contributed by atoms with Crippen LogP contribution in [0.2, 0.25) is 0 Å². The first-order valence-corrected chi connectivity index (χ1v) is 7.97. The van der Waals surface area contributed by atoms with Crippen molar-refractivity contribution in [3.05, 3.63) is 0 Å². The van der Waals surface area contributed by atoms with Crippen LogP contribution >= 0.6 is 0 Å². The lowest BCUT2D eigenvalue weighted by atomic mass is 9.63. The average Bonchev–Trinajstić information content (AvgIpc) is 2.25. The molecule has 0 aliphatic heterocycles. The maximum atomic E-state index is 9.31. The molecule has 2 atom stereocenters. The fourth-order valence-electron chi connectivity index (χ4n) is 4.75. The molecule has 2 aliphatic carbocycles. The van der Waals surface area contributed by atoms with Crippen LogP contribution in [0.15, 0.2) is 0 Å². The Morgan fingerprint density at radius 1 is 1.00 bits per heavy atom. The van der Waals surface area contributed by atoms with Gasteiger partial charge in [0.15, 0.2) is 0 Å². The van der Waals surface area contributed by atoms with Gasteiger partial charge in [0.2, 0.25) is 0 Å². The summed E-state index contributed by atoms with van der Waals surface area (Å²) in [5.74, 6) is 0.238. The zero-order valence-corrected chi connectivity index (χ0v) is 13.1. The van der Waals surface area contributed by atoms with Crippen molar-refractivity contribution in [3.63, 3.8) is 0 Å². The highest BCUT2D eigenvalue weighted by atomic mass is 15.0. The predicted octanol–water partition coefficient (Wildman–Crippen LogP) is 4.26. The molecule has 2 saturated carbocycles. The lowest BCUT2D eigenvalue weighted by Crippen LogP contribution is -2.50. The van der Waals surface area contributed by atoms with Gasteiger partial charge in [-0.25, -0.2) is 0 Å². The van der Waals surface area contributed by atoms with E-state index >= 15 is 0 Å². The summed E-state index contributed by atoms with van der Waals surface area (Å²) >= 11 is 0. The molecule has 1 N–H and O–H groups in total. The summed E-state index contributed by atoms with van der Waals surface area (Å²) in [7, 11) is 0. The molecule has 19 heavy (non-hydrogen) atoms. The van der Waals surface area contributed by atoms with Gasteiger partial charge in [0, 0.05) is 12.1 Å². The molecule has 0 amide bonds. The largest absolute Gasteiger partial charge is 0.310 e. The lowest BCUT2D eigenvalue weighted by molar-refractivity contribution is 0.0748. The van der Waals surface area contributed by atoms with E-state index in [-0.39, 0.29) is 5.92 Å². The van der Waals surface area contributed by atoms with Gasteiger partial charge in [-0.05, 0) is 42.9 Å². The summed E-state index contributed by atoms with van der Waals surface area (Å²) in [6.07, 6.45) is 8.62. The molecule has 108 valence electrons. The second-order valence-corrected chi connectivity index (χ2v) is 8.40. The zero-order chi connectivity index (χ0) is 14.1. The van der Waals surface area contributed by atoms with Crippen molar-refractivity contribution in [3.8, 4) is 6.07 Å². The summed E-state index contributed by atoms with van der Waals surface area (Å²) in [5, 5.41) is 13.2. The van der Waals surface area contributed by atoms with Crippen LogP contribution in [0.3, 0.4) is 0 Å². The standard InChI is InChI=1S/C17H30N2/c1-16(2)9-14(10-17(3,4)12-16)19-15-8-6-5-7-13(15)11-18/h13-15,19H,5-10,12H2,1-4H3. The smallest absolute Gasteiger partial charge is 0.0672 e. The van der Waals surface area contributed by atoms with Gasteiger partial charge in [0.05, 0.1) is 12.0 Å². The van der Waals surface area contributed by atoms with E-state index in [0.29, 0.717) is 22.9 Å². The Kier molecular flexibility index (Phi) is 4.26. The van der Waals surface area contributed by atoms with Crippen LogP contribution in [0.25, 0.3) is 0 Å². The van der Waals surface area contributed by atoms with Gasteiger partial charge in [-0.3, -0.25) is 0 Å². The number of nitrogens with one attached hydrogen (secondary N) is 1. The Bertz CT molecular complexity index is 335. The zero-order valence-electron chi connectivity index (χ0n) is 13.1. The molecular formula is C17H30N2. The van der Waals surface area contributed by atoms with Crippen molar-refractivity contribution in [2.75, 3.05) is 0 Å². The van der Waals surface area contributed by atoms with E-state index < -0.39 is 0 Å². The molecule has 0 saturated heterocycles. The third-order valence-corrected chi connectivity index (χ3v) is 4.94. The van der Waals surface area contributed by atoms with Crippen molar-refractivity contribution in [1.29, 1.82) is 5.26 Å². The molecule has 0 aromatic heterocycles. The van der Waals surface area contributed by atoms with E-state index in [1.165, 1.54) is 38.5 Å². The van der Waals surface area contributed by atoms with Crippen molar-refractivity contribution >= 4 is 0 Å². The van der Waals surface area contributed by atoms with Gasteiger partial charge in [-0.2, -0.15) is 5.26 Å². The topological polar surface area (TPSA) is 35.8 Å². The Balaban J connectivity index is 2.00. The van der Waals surface area contributed by atoms with Gasteiger partial charge in [0.25, 0.3) is 0 Å². The molecule has 0 aromatic carbocycles. The number of rotatable bonds is 2. The minimum atomic E-state index is 0.238. The van der Waals surface area contributed by atoms with E-state index in [9.17, 15) is 5.26 Å². The summed E-state index contributed by atoms with van der Waals surface area (Å²) in [6, 6.07) is 3.56. The molecule has 0 radical (unpaired) electrons. The SMILES string of the molecule is CC1(C)CC(NC2CCCCC2C#N)CC(C)(C)C1. The van der Waals surface area contributed by atoms with Crippen LogP contribution in [0, 0.1) is 28.1 Å². The Morgan fingerprint density at radius 3 is 2.16 bits per heavy atom. The van der Waals surface area contributed by atoms with Gasteiger partial charge >= 0.3 is 0 Å². The monoisotopic (exact) mass is 262 g/mol. The predicted molar refractivity (Wildman–Crippen MR) is 79.7 cm³/mol. The highest BCUT2D eigenvalue weighted by molar-refractivity contribution is 4.99. The third-order valence-electron chi connectivity index (χ3n) is 4.94. The lowest BCUT2D eigenvalue weighted by Gasteiger charge is -2.47.